The van der Waals surface area contributed by atoms with Crippen LogP contribution < -0.4 is 16.4 Å². The molecule has 40 heavy (non-hydrogen) atoms. The smallest absolute Gasteiger partial charge is 0.286 e. The van der Waals surface area contributed by atoms with Gasteiger partial charge < -0.3 is 40.4 Å². The van der Waals surface area contributed by atoms with Crippen molar-refractivity contribution >= 4 is 34.5 Å². The van der Waals surface area contributed by atoms with Gasteiger partial charge in [-0.1, -0.05) is 12.1 Å². The van der Waals surface area contributed by atoms with Crippen LogP contribution in [0, 0.1) is 5.92 Å². The molecule has 0 aliphatic carbocycles. The van der Waals surface area contributed by atoms with Crippen LogP contribution in [-0.2, 0) is 28.5 Å². The van der Waals surface area contributed by atoms with E-state index in [1.807, 2.05) is 30.5 Å². The predicted octanol–water partition coefficient (Wildman–Crippen LogP) is 3.65. The van der Waals surface area contributed by atoms with Gasteiger partial charge in [-0.05, 0) is 66.8 Å². The van der Waals surface area contributed by atoms with Crippen LogP contribution in [0.25, 0.3) is 0 Å². The molecule has 0 radical (unpaired) electrons. The van der Waals surface area contributed by atoms with Crippen molar-refractivity contribution in [1.82, 2.24) is 5.32 Å². The van der Waals surface area contributed by atoms with Gasteiger partial charge in [0, 0.05) is 38.0 Å². The number of aliphatic hydroxyl groups excluding tert-OH is 1. The third kappa shape index (κ3) is 10.2. The number of unbranched alkanes of at least 4 members (excludes halogenated alkanes) is 1. The third-order valence-corrected chi connectivity index (χ3v) is 7.12. The number of hydrogen-bond donors (Lipinski definition) is 4. The number of anilines is 2. The van der Waals surface area contributed by atoms with Gasteiger partial charge in [-0.15, -0.1) is 0 Å². The molecule has 0 unspecified atom stereocenters. The van der Waals surface area contributed by atoms with E-state index in [0.29, 0.717) is 76.6 Å². The average molecular weight is 576 g/mol. The average Bonchev–Trinajstić information content (AvgIpc) is 3.49. The van der Waals surface area contributed by atoms with Crippen molar-refractivity contribution in [1.29, 1.82) is 0 Å². The Hall–Kier alpha value is -2.96. The fourth-order valence-electron chi connectivity index (χ4n) is 4.41. The molecule has 3 atom stereocenters. The summed E-state index contributed by atoms with van der Waals surface area (Å²) in [7, 11) is 0. The largest absolute Gasteiger partial charge is 0.459 e. The minimum absolute atomic E-state index is 0.0120. The van der Waals surface area contributed by atoms with E-state index < -0.39 is 6.29 Å². The molecule has 10 nitrogen and oxygen atoms in total. The summed E-state index contributed by atoms with van der Waals surface area (Å²) in [5.41, 5.74) is 8.10. The van der Waals surface area contributed by atoms with Gasteiger partial charge in [0.15, 0.2) is 5.76 Å². The number of hydrogen-bond acceptors (Lipinski definition) is 9. The van der Waals surface area contributed by atoms with Crippen LogP contribution in [0.15, 0.2) is 52.9 Å². The number of allylic oxidation sites excluding steroid dienone is 1. The first-order valence-corrected chi connectivity index (χ1v) is 14.7. The minimum atomic E-state index is -0.594. The zero-order chi connectivity index (χ0) is 28.6. The van der Waals surface area contributed by atoms with Crippen LogP contribution in [0.3, 0.4) is 0 Å². The van der Waals surface area contributed by atoms with E-state index in [9.17, 15) is 9.59 Å². The summed E-state index contributed by atoms with van der Waals surface area (Å²) in [5.74, 6) is -0.292. The Bertz CT molecular complexity index is 1060. The molecule has 0 saturated carbocycles. The minimum Gasteiger partial charge on any atom is -0.459 e. The number of ether oxygens (including phenoxy) is 4. The second-order valence-electron chi connectivity index (χ2n) is 9.30. The second-order valence-corrected chi connectivity index (χ2v) is 10.1. The van der Waals surface area contributed by atoms with E-state index in [2.05, 4.69) is 22.1 Å². The number of nitrogen functional groups attached to an aromatic ring is 1. The fraction of sp³-hybridized carbons (Fsp3) is 0.517. The standard InChI is InChI=1S/C29H41N3O7S/c1-2-38-29-22(10-14-36-16-17-37-15-13-33)23(21-11-18-40-20-21)19-26(39-29)28(35)31-12-6-5-9-27(34)32-25-8-4-3-7-24(25)30/h3-4,7-8,11,18-20,22-23,29,33H,2,5-6,9-10,12-17,30H2,1H3,(H,31,35)(H,32,34)/t22-,23-,29-/m1/s1. The van der Waals surface area contributed by atoms with Crippen molar-refractivity contribution in [2.75, 3.05) is 57.2 Å². The van der Waals surface area contributed by atoms with Gasteiger partial charge >= 0.3 is 0 Å². The van der Waals surface area contributed by atoms with Crippen molar-refractivity contribution in [2.24, 2.45) is 5.92 Å². The Morgan fingerprint density at radius 1 is 1.10 bits per heavy atom. The highest BCUT2D eigenvalue weighted by atomic mass is 32.1. The first-order chi connectivity index (χ1) is 19.5. The number of nitrogens with one attached hydrogen (secondary N) is 2. The predicted molar refractivity (Wildman–Crippen MR) is 155 cm³/mol. The van der Waals surface area contributed by atoms with E-state index in [0.717, 1.165) is 5.56 Å². The van der Waals surface area contributed by atoms with Crippen LogP contribution in [0.4, 0.5) is 11.4 Å². The zero-order valence-electron chi connectivity index (χ0n) is 23.0. The van der Waals surface area contributed by atoms with Crippen molar-refractivity contribution < 1.29 is 33.6 Å². The molecule has 1 aliphatic rings. The molecule has 5 N–H and O–H groups in total. The molecule has 0 spiro atoms. The molecular formula is C29H41N3O7S. The van der Waals surface area contributed by atoms with E-state index in [1.54, 1.807) is 23.5 Å². The number of carbonyl (C=O) groups excluding carboxylic acids is 2. The molecule has 0 fully saturated rings. The first kappa shape index (κ1) is 31.6. The lowest BCUT2D eigenvalue weighted by atomic mass is 9.82. The summed E-state index contributed by atoms with van der Waals surface area (Å²) >= 11 is 1.60. The summed E-state index contributed by atoms with van der Waals surface area (Å²) < 4.78 is 23.0. The Labute approximate surface area is 239 Å². The molecule has 3 rings (SSSR count). The molecule has 2 heterocycles. The van der Waals surface area contributed by atoms with Gasteiger partial charge in [-0.2, -0.15) is 11.3 Å². The number of benzene rings is 1. The maximum Gasteiger partial charge on any atom is 0.286 e. The highest BCUT2D eigenvalue weighted by Gasteiger charge is 2.38. The molecule has 0 saturated heterocycles. The van der Waals surface area contributed by atoms with Crippen LogP contribution in [0.1, 0.15) is 44.1 Å². The Kier molecular flexibility index (Phi) is 13.9. The summed E-state index contributed by atoms with van der Waals surface area (Å²) in [6, 6.07) is 9.18. The van der Waals surface area contributed by atoms with Gasteiger partial charge in [0.2, 0.25) is 12.2 Å². The van der Waals surface area contributed by atoms with E-state index >= 15 is 0 Å². The van der Waals surface area contributed by atoms with E-state index in [4.69, 9.17) is 29.8 Å². The number of rotatable bonds is 18. The van der Waals surface area contributed by atoms with Crippen molar-refractivity contribution in [3.8, 4) is 0 Å². The lowest BCUT2D eigenvalue weighted by Crippen LogP contribution is -2.39. The summed E-state index contributed by atoms with van der Waals surface area (Å²) in [4.78, 5) is 25.2. The Balaban J connectivity index is 1.51. The monoisotopic (exact) mass is 575 g/mol. The number of amides is 2. The molecule has 1 aromatic carbocycles. The first-order valence-electron chi connectivity index (χ1n) is 13.7. The Morgan fingerprint density at radius 3 is 2.62 bits per heavy atom. The highest BCUT2D eigenvalue weighted by Crippen LogP contribution is 2.39. The second kappa shape index (κ2) is 17.7. The van der Waals surface area contributed by atoms with Gasteiger partial charge in [-0.25, -0.2) is 0 Å². The van der Waals surface area contributed by atoms with Gasteiger partial charge in [0.1, 0.15) is 0 Å². The van der Waals surface area contributed by atoms with Crippen LogP contribution in [-0.4, -0.2) is 69.4 Å². The molecule has 2 amide bonds. The molecule has 0 bridgehead atoms. The number of para-hydroxylation sites is 2. The number of carbonyl (C=O) groups is 2. The van der Waals surface area contributed by atoms with Crippen LogP contribution in [0.5, 0.6) is 0 Å². The van der Waals surface area contributed by atoms with Gasteiger partial charge in [-0.3, -0.25) is 9.59 Å². The molecule has 2 aromatic rings. The Morgan fingerprint density at radius 2 is 1.90 bits per heavy atom. The zero-order valence-corrected chi connectivity index (χ0v) is 23.8. The number of thiophene rings is 1. The summed E-state index contributed by atoms with van der Waals surface area (Å²) in [6.07, 6.45) is 3.54. The van der Waals surface area contributed by atoms with Crippen molar-refractivity contribution in [2.45, 2.75) is 44.8 Å². The highest BCUT2D eigenvalue weighted by molar-refractivity contribution is 7.08. The third-order valence-electron chi connectivity index (χ3n) is 6.42. The van der Waals surface area contributed by atoms with Gasteiger partial charge in [0.25, 0.3) is 5.91 Å². The van der Waals surface area contributed by atoms with E-state index in [-0.39, 0.29) is 36.0 Å². The maximum atomic E-state index is 13.0. The fourth-order valence-corrected chi connectivity index (χ4v) is 5.12. The maximum absolute atomic E-state index is 13.0. The lowest BCUT2D eigenvalue weighted by Gasteiger charge is -2.36. The van der Waals surface area contributed by atoms with Crippen LogP contribution in [0.2, 0.25) is 0 Å². The van der Waals surface area contributed by atoms with Crippen molar-refractivity contribution in [3.05, 3.63) is 58.5 Å². The molecule has 11 heteroatoms. The molecule has 1 aromatic heterocycles. The normalized spacial score (nSPS) is 18.6. The van der Waals surface area contributed by atoms with Gasteiger partial charge in [0.05, 0.1) is 37.8 Å². The number of aliphatic hydroxyl groups is 1. The molecule has 1 aliphatic heterocycles. The lowest BCUT2D eigenvalue weighted by molar-refractivity contribution is -0.168. The molecular weight excluding hydrogens is 534 g/mol. The topological polar surface area (TPSA) is 141 Å². The summed E-state index contributed by atoms with van der Waals surface area (Å²) in [5, 5.41) is 18.6. The van der Waals surface area contributed by atoms with Crippen molar-refractivity contribution in [3.63, 3.8) is 0 Å². The quantitative estimate of drug-likeness (QED) is 0.156. The van der Waals surface area contributed by atoms with E-state index in [1.165, 1.54) is 0 Å². The number of nitrogens with two attached hydrogens (primary N) is 1. The van der Waals surface area contributed by atoms with Crippen LogP contribution >= 0.6 is 11.3 Å². The molecule has 220 valence electrons. The summed E-state index contributed by atoms with van der Waals surface area (Å²) in [6.45, 7) is 4.37. The SMILES string of the molecule is CCO[C@@H]1OC(C(=O)NCCCCC(=O)Nc2ccccc2N)=C[C@H](c2ccsc2)[C@H]1CCOCCOCCO.